The van der Waals surface area contributed by atoms with Gasteiger partial charge in [-0.05, 0) is 50.1 Å². The van der Waals surface area contributed by atoms with E-state index in [9.17, 15) is 4.79 Å². The van der Waals surface area contributed by atoms with Crippen molar-refractivity contribution in [1.82, 2.24) is 19.5 Å². The molecule has 0 saturated carbocycles. The summed E-state index contributed by atoms with van der Waals surface area (Å²) >= 11 is 0. The lowest BCUT2D eigenvalue weighted by Crippen LogP contribution is -2.12. The third kappa shape index (κ3) is 5.14. The molecule has 2 aromatic carbocycles. The maximum absolute atomic E-state index is 12.2. The fraction of sp³-hybridized carbons (Fsp3) is 0.167. The number of nitrogens with zero attached hydrogens (tertiary/aromatic N) is 4. The van der Waals surface area contributed by atoms with Gasteiger partial charge in [-0.3, -0.25) is 9.36 Å². The minimum Gasteiger partial charge on any atom is -0.439 e. The van der Waals surface area contributed by atoms with Crippen LogP contribution in [0.25, 0.3) is 5.82 Å². The van der Waals surface area contributed by atoms with Crippen molar-refractivity contribution in [3.63, 3.8) is 0 Å². The monoisotopic (exact) mass is 413 g/mol. The van der Waals surface area contributed by atoms with Crippen LogP contribution in [-0.4, -0.2) is 25.4 Å². The quantitative estimate of drug-likeness (QED) is 0.477. The molecule has 0 atom stereocenters. The van der Waals surface area contributed by atoms with Crippen LogP contribution in [0.15, 0.2) is 73.3 Å². The summed E-state index contributed by atoms with van der Waals surface area (Å²) < 4.78 is 7.74. The molecular formula is C24H23N5O2. The Morgan fingerprint density at radius 1 is 1.00 bits per heavy atom. The zero-order valence-corrected chi connectivity index (χ0v) is 17.4. The summed E-state index contributed by atoms with van der Waals surface area (Å²) in [6.07, 6.45) is 4.33. The minimum atomic E-state index is -0.0241. The predicted molar refractivity (Wildman–Crippen MR) is 119 cm³/mol. The second-order valence-corrected chi connectivity index (χ2v) is 7.16. The van der Waals surface area contributed by atoms with Crippen LogP contribution in [-0.2, 0) is 11.2 Å². The van der Waals surface area contributed by atoms with Gasteiger partial charge in [0.1, 0.15) is 24.2 Å². The van der Waals surface area contributed by atoms with Crippen LogP contribution in [0.3, 0.4) is 0 Å². The van der Waals surface area contributed by atoms with E-state index in [1.54, 1.807) is 36.7 Å². The van der Waals surface area contributed by atoms with Crippen molar-refractivity contribution in [2.75, 3.05) is 5.32 Å². The summed E-state index contributed by atoms with van der Waals surface area (Å²) in [4.78, 5) is 25.0. The lowest BCUT2D eigenvalue weighted by atomic mass is 10.1. The first-order valence-electron chi connectivity index (χ1n) is 10.0. The van der Waals surface area contributed by atoms with E-state index in [2.05, 4.69) is 20.3 Å². The number of aromatic nitrogens is 4. The summed E-state index contributed by atoms with van der Waals surface area (Å²) in [5.74, 6) is 1.70. The van der Waals surface area contributed by atoms with E-state index in [-0.39, 0.29) is 5.91 Å². The molecule has 7 heteroatoms. The molecular weight excluding hydrogens is 390 g/mol. The van der Waals surface area contributed by atoms with Crippen molar-refractivity contribution in [3.8, 4) is 17.4 Å². The van der Waals surface area contributed by atoms with Crippen LogP contribution in [0.4, 0.5) is 5.69 Å². The van der Waals surface area contributed by atoms with Crippen LogP contribution in [0.5, 0.6) is 11.6 Å². The number of nitrogens with one attached hydrogen (secondary N) is 1. The number of rotatable bonds is 7. The highest BCUT2D eigenvalue weighted by molar-refractivity contribution is 5.90. The van der Waals surface area contributed by atoms with Gasteiger partial charge < -0.3 is 10.1 Å². The Kier molecular flexibility index (Phi) is 6.03. The van der Waals surface area contributed by atoms with Gasteiger partial charge in [-0.1, -0.05) is 30.3 Å². The first-order chi connectivity index (χ1) is 15.1. The second-order valence-electron chi connectivity index (χ2n) is 7.16. The van der Waals surface area contributed by atoms with Gasteiger partial charge in [0.15, 0.2) is 0 Å². The van der Waals surface area contributed by atoms with Crippen molar-refractivity contribution in [1.29, 1.82) is 0 Å². The molecule has 0 unspecified atom stereocenters. The Morgan fingerprint density at radius 2 is 1.77 bits per heavy atom. The maximum Gasteiger partial charge on any atom is 0.224 e. The molecule has 156 valence electrons. The number of anilines is 1. The molecule has 2 heterocycles. The van der Waals surface area contributed by atoms with Gasteiger partial charge in [-0.15, -0.1) is 0 Å². The number of carbonyl (C=O) groups is 1. The molecule has 4 rings (SSSR count). The highest BCUT2D eigenvalue weighted by Crippen LogP contribution is 2.23. The number of hydrogen-bond donors (Lipinski definition) is 1. The normalized spacial score (nSPS) is 10.6. The van der Waals surface area contributed by atoms with Crippen LogP contribution < -0.4 is 10.1 Å². The number of imidazole rings is 1. The van der Waals surface area contributed by atoms with Gasteiger partial charge in [0.05, 0.1) is 5.69 Å². The van der Waals surface area contributed by atoms with E-state index in [4.69, 9.17) is 4.74 Å². The zero-order valence-electron chi connectivity index (χ0n) is 17.4. The molecule has 0 spiro atoms. The SMILES string of the molecule is Cc1ncn(-c2cc(Oc3ccc(NC(=O)CCc4ccccc4)cc3)ncn2)c1C. The van der Waals surface area contributed by atoms with Gasteiger partial charge in [-0.25, -0.2) is 15.0 Å². The molecule has 0 fully saturated rings. The number of aryl methyl sites for hydroxylation is 2. The maximum atomic E-state index is 12.2. The van der Waals surface area contributed by atoms with Gasteiger partial charge in [0.25, 0.3) is 0 Å². The average Bonchev–Trinajstić information content (AvgIpc) is 3.13. The summed E-state index contributed by atoms with van der Waals surface area (Å²) in [5, 5.41) is 2.91. The lowest BCUT2D eigenvalue weighted by Gasteiger charge is -2.09. The predicted octanol–water partition coefficient (Wildman–Crippen LogP) is 4.64. The lowest BCUT2D eigenvalue weighted by molar-refractivity contribution is -0.116. The van der Waals surface area contributed by atoms with Crippen molar-refractivity contribution in [3.05, 3.63) is 90.3 Å². The first kappa shape index (κ1) is 20.3. The Labute approximate surface area is 180 Å². The van der Waals surface area contributed by atoms with Crippen molar-refractivity contribution >= 4 is 11.6 Å². The first-order valence-corrected chi connectivity index (χ1v) is 10.0. The molecule has 1 amide bonds. The number of ether oxygens (including phenoxy) is 1. The fourth-order valence-electron chi connectivity index (χ4n) is 3.10. The summed E-state index contributed by atoms with van der Waals surface area (Å²) in [6.45, 7) is 3.93. The minimum absolute atomic E-state index is 0.0241. The standard InChI is InChI=1S/C24H23N5O2/c1-17-18(2)29(16-27-17)22-14-24(26-15-25-22)31-21-11-9-20(10-12-21)28-23(30)13-8-19-6-4-3-5-7-19/h3-7,9-12,14-16H,8,13H2,1-2H3,(H,28,30). The van der Waals surface area contributed by atoms with Crippen LogP contribution in [0, 0.1) is 13.8 Å². The number of hydrogen-bond acceptors (Lipinski definition) is 5. The molecule has 7 nitrogen and oxygen atoms in total. The molecule has 0 aliphatic carbocycles. The molecule has 0 bridgehead atoms. The Hall–Kier alpha value is -4.00. The molecule has 1 N–H and O–H groups in total. The van der Waals surface area contributed by atoms with Gasteiger partial charge >= 0.3 is 0 Å². The van der Waals surface area contributed by atoms with E-state index in [1.807, 2.05) is 48.7 Å². The highest BCUT2D eigenvalue weighted by Gasteiger charge is 2.09. The van der Waals surface area contributed by atoms with Crippen molar-refractivity contribution < 1.29 is 9.53 Å². The summed E-state index contributed by atoms with van der Waals surface area (Å²) in [5.41, 5.74) is 3.82. The molecule has 31 heavy (non-hydrogen) atoms. The van der Waals surface area contributed by atoms with Gasteiger partial charge in [0.2, 0.25) is 11.8 Å². The Bertz CT molecular complexity index is 1170. The molecule has 0 aliphatic heterocycles. The largest absolute Gasteiger partial charge is 0.439 e. The second kappa shape index (κ2) is 9.21. The van der Waals surface area contributed by atoms with E-state index in [0.717, 1.165) is 22.6 Å². The molecule has 0 saturated heterocycles. The topological polar surface area (TPSA) is 81.9 Å². The van der Waals surface area contributed by atoms with Crippen molar-refractivity contribution in [2.24, 2.45) is 0 Å². The number of benzene rings is 2. The molecule has 4 aromatic rings. The Balaban J connectivity index is 1.36. The van der Waals surface area contributed by atoms with E-state index < -0.39 is 0 Å². The van der Waals surface area contributed by atoms with Crippen LogP contribution in [0.2, 0.25) is 0 Å². The number of amides is 1. The molecule has 0 aliphatic rings. The van der Waals surface area contributed by atoms with E-state index in [1.165, 1.54) is 6.33 Å². The average molecular weight is 413 g/mol. The summed E-state index contributed by atoms with van der Waals surface area (Å²) in [7, 11) is 0. The fourth-order valence-corrected chi connectivity index (χ4v) is 3.10. The number of carbonyl (C=O) groups excluding carboxylic acids is 1. The third-order valence-electron chi connectivity index (χ3n) is 4.97. The van der Waals surface area contributed by atoms with Gasteiger partial charge in [0, 0.05) is 23.9 Å². The smallest absolute Gasteiger partial charge is 0.224 e. The summed E-state index contributed by atoms with van der Waals surface area (Å²) in [6, 6.07) is 18.9. The van der Waals surface area contributed by atoms with Gasteiger partial charge in [-0.2, -0.15) is 0 Å². The van der Waals surface area contributed by atoms with Crippen LogP contribution >= 0.6 is 0 Å². The van der Waals surface area contributed by atoms with E-state index >= 15 is 0 Å². The molecule has 2 aromatic heterocycles. The molecule has 0 radical (unpaired) electrons. The van der Waals surface area contributed by atoms with Crippen molar-refractivity contribution in [2.45, 2.75) is 26.7 Å². The van der Waals surface area contributed by atoms with Crippen LogP contribution in [0.1, 0.15) is 23.4 Å². The zero-order chi connectivity index (χ0) is 21.6. The highest BCUT2D eigenvalue weighted by atomic mass is 16.5. The Morgan fingerprint density at radius 3 is 2.48 bits per heavy atom. The third-order valence-corrected chi connectivity index (χ3v) is 4.97. The van der Waals surface area contributed by atoms with E-state index in [0.29, 0.717) is 30.3 Å².